The third-order valence-electron chi connectivity index (χ3n) is 3.21. The predicted octanol–water partition coefficient (Wildman–Crippen LogP) is 4.52. The Morgan fingerprint density at radius 2 is 1.50 bits per heavy atom. The standard InChI is InChI=1S/C21H29F2NO6/c1-20(2,3)29-18(26)24(19(27)30-21(4,5)6)9-7-8-14-12-15(22)16(23)13-17(14)28-11-10-25/h7-8,12-13,25H,9-11H2,1-6H3. The first-order chi connectivity index (χ1) is 13.7. The van der Waals surface area contributed by atoms with Gasteiger partial charge < -0.3 is 19.3 Å². The molecule has 0 aromatic heterocycles. The highest BCUT2D eigenvalue weighted by Crippen LogP contribution is 2.24. The highest BCUT2D eigenvalue weighted by molar-refractivity contribution is 5.88. The van der Waals surface area contributed by atoms with E-state index in [-0.39, 0.29) is 31.1 Å². The van der Waals surface area contributed by atoms with Crippen molar-refractivity contribution < 1.29 is 37.7 Å². The Balaban J connectivity index is 3.10. The maximum absolute atomic E-state index is 13.6. The molecule has 0 bridgehead atoms. The van der Waals surface area contributed by atoms with Crippen LogP contribution in [0.15, 0.2) is 18.2 Å². The normalized spacial score (nSPS) is 12.0. The predicted molar refractivity (Wildman–Crippen MR) is 107 cm³/mol. The van der Waals surface area contributed by atoms with Crippen molar-refractivity contribution in [3.05, 3.63) is 35.4 Å². The van der Waals surface area contributed by atoms with Gasteiger partial charge in [0.05, 0.1) is 13.2 Å². The van der Waals surface area contributed by atoms with Gasteiger partial charge >= 0.3 is 12.2 Å². The summed E-state index contributed by atoms with van der Waals surface area (Å²) in [6.07, 6.45) is 0.912. The highest BCUT2D eigenvalue weighted by atomic mass is 19.2. The van der Waals surface area contributed by atoms with Crippen molar-refractivity contribution in [3.8, 4) is 5.75 Å². The number of aliphatic hydroxyl groups excluding tert-OH is 1. The van der Waals surface area contributed by atoms with Crippen LogP contribution in [0.3, 0.4) is 0 Å². The molecule has 1 rings (SSSR count). The number of carbonyl (C=O) groups is 2. The fraction of sp³-hybridized carbons (Fsp3) is 0.524. The van der Waals surface area contributed by atoms with E-state index in [0.717, 1.165) is 17.0 Å². The van der Waals surface area contributed by atoms with Gasteiger partial charge in [-0.15, -0.1) is 0 Å². The largest absolute Gasteiger partial charge is 0.490 e. The van der Waals surface area contributed by atoms with Crippen LogP contribution in [-0.2, 0) is 9.47 Å². The topological polar surface area (TPSA) is 85.3 Å². The van der Waals surface area contributed by atoms with Crippen molar-refractivity contribution in [3.63, 3.8) is 0 Å². The van der Waals surface area contributed by atoms with Crippen molar-refractivity contribution in [2.45, 2.75) is 52.7 Å². The van der Waals surface area contributed by atoms with E-state index in [1.54, 1.807) is 41.5 Å². The van der Waals surface area contributed by atoms with Gasteiger partial charge in [-0.25, -0.2) is 23.3 Å². The Bertz CT molecular complexity index is 753. The van der Waals surface area contributed by atoms with Gasteiger partial charge in [-0.3, -0.25) is 0 Å². The van der Waals surface area contributed by atoms with Crippen molar-refractivity contribution >= 4 is 18.3 Å². The Kier molecular flexibility index (Phi) is 8.77. The van der Waals surface area contributed by atoms with Crippen LogP contribution >= 0.6 is 0 Å². The summed E-state index contributed by atoms with van der Waals surface area (Å²) in [6, 6.07) is 1.76. The first kappa shape index (κ1) is 25.4. The Labute approximate surface area is 175 Å². The Morgan fingerprint density at radius 1 is 1.00 bits per heavy atom. The highest BCUT2D eigenvalue weighted by Gasteiger charge is 2.30. The lowest BCUT2D eigenvalue weighted by molar-refractivity contribution is 0.00376. The molecule has 0 aliphatic carbocycles. The number of imide groups is 1. The van der Waals surface area contributed by atoms with Crippen molar-refractivity contribution in [1.29, 1.82) is 0 Å². The van der Waals surface area contributed by atoms with Gasteiger partial charge in [0, 0.05) is 11.6 Å². The average molecular weight is 429 g/mol. The molecule has 30 heavy (non-hydrogen) atoms. The van der Waals surface area contributed by atoms with Crippen LogP contribution in [0.25, 0.3) is 6.08 Å². The summed E-state index contributed by atoms with van der Waals surface area (Å²) in [5.41, 5.74) is -1.52. The van der Waals surface area contributed by atoms with E-state index in [1.807, 2.05) is 0 Å². The first-order valence-corrected chi connectivity index (χ1v) is 9.36. The number of rotatable bonds is 6. The van der Waals surface area contributed by atoms with Gasteiger partial charge in [0.2, 0.25) is 0 Å². The molecule has 0 fully saturated rings. The minimum Gasteiger partial charge on any atom is -0.490 e. The zero-order chi connectivity index (χ0) is 23.1. The number of aliphatic hydroxyl groups is 1. The molecular formula is C21H29F2NO6. The van der Waals surface area contributed by atoms with E-state index < -0.39 is 35.0 Å². The Hall–Kier alpha value is -2.68. The molecule has 0 spiro atoms. The second kappa shape index (κ2) is 10.4. The summed E-state index contributed by atoms with van der Waals surface area (Å²) in [7, 11) is 0. The number of hydrogen-bond acceptors (Lipinski definition) is 6. The van der Waals surface area contributed by atoms with E-state index >= 15 is 0 Å². The number of halogens is 2. The monoisotopic (exact) mass is 429 g/mol. The maximum Gasteiger partial charge on any atom is 0.420 e. The fourth-order valence-corrected chi connectivity index (χ4v) is 2.10. The van der Waals surface area contributed by atoms with E-state index in [9.17, 15) is 18.4 Å². The van der Waals surface area contributed by atoms with Crippen molar-refractivity contribution in [2.24, 2.45) is 0 Å². The zero-order valence-corrected chi connectivity index (χ0v) is 18.1. The van der Waals surface area contributed by atoms with Crippen LogP contribution in [0, 0.1) is 11.6 Å². The van der Waals surface area contributed by atoms with E-state index in [4.69, 9.17) is 19.3 Å². The smallest absolute Gasteiger partial charge is 0.420 e. The minimum absolute atomic E-state index is 0.000265. The molecule has 0 aliphatic heterocycles. The summed E-state index contributed by atoms with van der Waals surface area (Å²) in [6.45, 7) is 9.24. The molecule has 1 aromatic carbocycles. The number of ether oxygens (including phenoxy) is 3. The molecular weight excluding hydrogens is 400 g/mol. The lowest BCUT2D eigenvalue weighted by atomic mass is 10.1. The molecule has 1 N–H and O–H groups in total. The molecule has 0 heterocycles. The molecule has 0 unspecified atom stereocenters. The molecule has 1 aromatic rings. The number of hydrogen-bond donors (Lipinski definition) is 1. The second-order valence-electron chi connectivity index (χ2n) is 8.35. The second-order valence-corrected chi connectivity index (χ2v) is 8.35. The van der Waals surface area contributed by atoms with Gasteiger partial charge in [0.15, 0.2) is 11.6 Å². The van der Waals surface area contributed by atoms with Crippen LogP contribution in [0.2, 0.25) is 0 Å². The minimum atomic E-state index is -1.11. The van der Waals surface area contributed by atoms with Gasteiger partial charge in [0.1, 0.15) is 23.6 Å². The molecule has 0 saturated carbocycles. The maximum atomic E-state index is 13.6. The average Bonchev–Trinajstić information content (AvgIpc) is 2.56. The fourth-order valence-electron chi connectivity index (χ4n) is 2.10. The molecule has 0 aliphatic rings. The van der Waals surface area contributed by atoms with E-state index in [0.29, 0.717) is 0 Å². The summed E-state index contributed by atoms with van der Waals surface area (Å²) < 4.78 is 42.8. The Morgan fingerprint density at radius 3 is 1.97 bits per heavy atom. The SMILES string of the molecule is CC(C)(C)OC(=O)N(CC=Cc1cc(F)c(F)cc1OCCO)C(=O)OC(C)(C)C. The number of carbonyl (C=O) groups excluding carboxylic acids is 2. The quantitative estimate of drug-likeness (QED) is 0.716. The summed E-state index contributed by atoms with van der Waals surface area (Å²) in [4.78, 5) is 25.6. The first-order valence-electron chi connectivity index (χ1n) is 9.36. The number of benzene rings is 1. The molecule has 0 atom stereocenters. The lowest BCUT2D eigenvalue weighted by Crippen LogP contribution is -2.43. The molecule has 9 heteroatoms. The summed E-state index contributed by atoms with van der Waals surface area (Å²) in [5, 5.41) is 8.88. The zero-order valence-electron chi connectivity index (χ0n) is 18.1. The van der Waals surface area contributed by atoms with Crippen LogP contribution in [0.5, 0.6) is 5.75 Å². The van der Waals surface area contributed by atoms with Crippen molar-refractivity contribution in [2.75, 3.05) is 19.8 Å². The third-order valence-corrected chi connectivity index (χ3v) is 3.21. The van der Waals surface area contributed by atoms with Crippen LogP contribution in [0.1, 0.15) is 47.1 Å². The summed E-state index contributed by atoms with van der Waals surface area (Å²) >= 11 is 0. The molecule has 0 saturated heterocycles. The molecule has 7 nitrogen and oxygen atoms in total. The van der Waals surface area contributed by atoms with Gasteiger partial charge in [-0.05, 0) is 47.6 Å². The number of amides is 2. The van der Waals surface area contributed by atoms with Crippen LogP contribution in [0.4, 0.5) is 18.4 Å². The van der Waals surface area contributed by atoms with Gasteiger partial charge in [-0.2, -0.15) is 0 Å². The van der Waals surface area contributed by atoms with Crippen LogP contribution in [-0.4, -0.2) is 53.2 Å². The third kappa shape index (κ3) is 8.77. The molecule has 2 amide bonds. The lowest BCUT2D eigenvalue weighted by Gasteiger charge is -2.28. The summed E-state index contributed by atoms with van der Waals surface area (Å²) in [5.74, 6) is -2.20. The van der Waals surface area contributed by atoms with Crippen molar-refractivity contribution in [1.82, 2.24) is 4.90 Å². The molecule has 0 radical (unpaired) electrons. The molecule has 168 valence electrons. The number of nitrogens with zero attached hydrogens (tertiary/aromatic N) is 1. The van der Waals surface area contributed by atoms with Gasteiger partial charge in [-0.1, -0.05) is 12.2 Å². The van der Waals surface area contributed by atoms with E-state index in [2.05, 4.69) is 0 Å². The van der Waals surface area contributed by atoms with Crippen LogP contribution < -0.4 is 4.74 Å². The van der Waals surface area contributed by atoms with E-state index in [1.165, 1.54) is 12.2 Å². The van der Waals surface area contributed by atoms with Gasteiger partial charge in [0.25, 0.3) is 0 Å².